The third kappa shape index (κ3) is 2.63. The summed E-state index contributed by atoms with van der Waals surface area (Å²) in [7, 11) is 0. The number of rotatable bonds is 3. The third-order valence-electron chi connectivity index (χ3n) is 7.34. The standard InChI is InChI=1S/C23H31NO2/c1-16-14-23-19(9-5-11-24-23)18(13-21-20(23)10-6-12-25-21)22(16)26-15-17-7-3-2-4-8-17/h2-4,7-8,16,18-19,22,24H,5-6,9-15H2,1H3/t16-,18+,19+,22+,23+/m0/s1. The summed E-state index contributed by atoms with van der Waals surface area (Å²) in [6.45, 7) is 5.19. The highest BCUT2D eigenvalue weighted by Gasteiger charge is 2.58. The van der Waals surface area contributed by atoms with Gasteiger partial charge in [-0.1, -0.05) is 37.3 Å². The van der Waals surface area contributed by atoms with Crippen LogP contribution >= 0.6 is 0 Å². The summed E-state index contributed by atoms with van der Waals surface area (Å²) in [6, 6.07) is 10.6. The molecule has 3 heteroatoms. The molecule has 5 rings (SSSR count). The van der Waals surface area contributed by atoms with Crippen LogP contribution in [0.5, 0.6) is 0 Å². The van der Waals surface area contributed by atoms with Gasteiger partial charge < -0.3 is 14.8 Å². The lowest BCUT2D eigenvalue weighted by molar-refractivity contribution is -0.120. The lowest BCUT2D eigenvalue weighted by atomic mass is 9.52. The molecule has 0 unspecified atom stereocenters. The van der Waals surface area contributed by atoms with Crippen molar-refractivity contribution in [3.63, 3.8) is 0 Å². The Kier molecular flexibility index (Phi) is 4.33. The SMILES string of the molecule is C[C@H]1C[C@@]23NCCC[C@@H]2[C@@H](CC2=C3CCCO2)[C@@H]1OCc1ccccc1. The zero-order valence-corrected chi connectivity index (χ0v) is 15.9. The minimum Gasteiger partial charge on any atom is -0.498 e. The normalized spacial score (nSPS) is 39.0. The van der Waals surface area contributed by atoms with E-state index in [4.69, 9.17) is 9.47 Å². The molecule has 2 fully saturated rings. The molecule has 1 aromatic carbocycles. The Morgan fingerprint density at radius 3 is 3.00 bits per heavy atom. The van der Waals surface area contributed by atoms with Crippen LogP contribution in [0.15, 0.2) is 41.7 Å². The molecule has 26 heavy (non-hydrogen) atoms. The van der Waals surface area contributed by atoms with Gasteiger partial charge in [0.2, 0.25) is 0 Å². The van der Waals surface area contributed by atoms with E-state index in [-0.39, 0.29) is 5.54 Å². The van der Waals surface area contributed by atoms with Crippen LogP contribution in [-0.2, 0) is 16.1 Å². The highest BCUT2D eigenvalue weighted by atomic mass is 16.5. The van der Waals surface area contributed by atoms with Crippen molar-refractivity contribution in [3.05, 3.63) is 47.2 Å². The molecule has 2 bridgehead atoms. The summed E-state index contributed by atoms with van der Waals surface area (Å²) in [5, 5.41) is 4.00. The smallest absolute Gasteiger partial charge is 0.0974 e. The van der Waals surface area contributed by atoms with E-state index in [9.17, 15) is 0 Å². The fourth-order valence-electron chi connectivity index (χ4n) is 6.39. The van der Waals surface area contributed by atoms with E-state index in [1.54, 1.807) is 5.57 Å². The summed E-state index contributed by atoms with van der Waals surface area (Å²) < 4.78 is 12.8. The van der Waals surface area contributed by atoms with Crippen molar-refractivity contribution in [1.82, 2.24) is 5.32 Å². The van der Waals surface area contributed by atoms with Crippen LogP contribution in [0.2, 0.25) is 0 Å². The Bertz CT molecular complexity index is 685. The predicted molar refractivity (Wildman–Crippen MR) is 103 cm³/mol. The first-order valence-corrected chi connectivity index (χ1v) is 10.5. The lowest BCUT2D eigenvalue weighted by Crippen LogP contribution is -2.66. The monoisotopic (exact) mass is 353 g/mol. The zero-order chi connectivity index (χ0) is 17.6. The van der Waals surface area contributed by atoms with Crippen LogP contribution in [0.3, 0.4) is 0 Å². The van der Waals surface area contributed by atoms with E-state index in [0.29, 0.717) is 23.9 Å². The van der Waals surface area contributed by atoms with Gasteiger partial charge in [-0.2, -0.15) is 0 Å². The van der Waals surface area contributed by atoms with Crippen molar-refractivity contribution in [3.8, 4) is 0 Å². The molecule has 2 aliphatic carbocycles. The van der Waals surface area contributed by atoms with Gasteiger partial charge in [0, 0.05) is 12.0 Å². The maximum atomic E-state index is 6.59. The topological polar surface area (TPSA) is 30.5 Å². The number of nitrogens with one attached hydrogen (secondary N) is 1. The maximum Gasteiger partial charge on any atom is 0.0974 e. The molecule has 1 saturated carbocycles. The molecular formula is C23H31NO2. The Balaban J connectivity index is 1.44. The third-order valence-corrected chi connectivity index (χ3v) is 7.34. The quantitative estimate of drug-likeness (QED) is 0.872. The van der Waals surface area contributed by atoms with E-state index in [2.05, 4.69) is 42.6 Å². The number of piperidine rings is 1. The number of benzene rings is 1. The summed E-state index contributed by atoms with van der Waals surface area (Å²) >= 11 is 0. The van der Waals surface area contributed by atoms with Crippen molar-refractivity contribution in [2.24, 2.45) is 17.8 Å². The van der Waals surface area contributed by atoms with Gasteiger partial charge >= 0.3 is 0 Å². The van der Waals surface area contributed by atoms with Crippen LogP contribution in [-0.4, -0.2) is 24.8 Å². The first-order valence-electron chi connectivity index (χ1n) is 10.5. The second-order valence-corrected chi connectivity index (χ2v) is 8.81. The molecule has 0 spiro atoms. The largest absolute Gasteiger partial charge is 0.498 e. The van der Waals surface area contributed by atoms with Gasteiger partial charge in [0.05, 0.1) is 25.1 Å². The van der Waals surface area contributed by atoms with E-state index >= 15 is 0 Å². The van der Waals surface area contributed by atoms with Gasteiger partial charge in [-0.05, 0) is 67.5 Å². The number of hydrogen-bond donors (Lipinski definition) is 1. The van der Waals surface area contributed by atoms with Gasteiger partial charge in [-0.25, -0.2) is 0 Å². The summed E-state index contributed by atoms with van der Waals surface area (Å²) in [6.07, 6.45) is 7.69. The molecule has 140 valence electrons. The van der Waals surface area contributed by atoms with Crippen molar-refractivity contribution >= 4 is 0 Å². The Morgan fingerprint density at radius 1 is 1.23 bits per heavy atom. The van der Waals surface area contributed by atoms with E-state index in [1.165, 1.54) is 43.4 Å². The predicted octanol–water partition coefficient (Wildman–Crippen LogP) is 4.43. The van der Waals surface area contributed by atoms with Crippen LogP contribution in [0, 0.1) is 17.8 Å². The molecule has 1 aromatic rings. The van der Waals surface area contributed by atoms with Gasteiger partial charge in [-0.15, -0.1) is 0 Å². The molecule has 1 saturated heterocycles. The Morgan fingerprint density at radius 2 is 2.12 bits per heavy atom. The minimum atomic E-state index is 0.197. The number of hydrogen-bond acceptors (Lipinski definition) is 3. The van der Waals surface area contributed by atoms with E-state index < -0.39 is 0 Å². The number of allylic oxidation sites excluding steroid dienone is 1. The summed E-state index contributed by atoms with van der Waals surface area (Å²) in [5.74, 6) is 3.20. The highest BCUT2D eigenvalue weighted by molar-refractivity contribution is 5.34. The van der Waals surface area contributed by atoms with Crippen molar-refractivity contribution in [1.29, 1.82) is 0 Å². The van der Waals surface area contributed by atoms with Gasteiger partial charge in [0.1, 0.15) is 0 Å². The van der Waals surface area contributed by atoms with Crippen molar-refractivity contribution in [2.45, 2.75) is 63.7 Å². The maximum absolute atomic E-state index is 6.59. The average Bonchev–Trinajstić information content (AvgIpc) is 2.68. The van der Waals surface area contributed by atoms with Crippen molar-refractivity contribution in [2.75, 3.05) is 13.2 Å². The van der Waals surface area contributed by atoms with Gasteiger partial charge in [-0.3, -0.25) is 0 Å². The first-order chi connectivity index (χ1) is 12.8. The second-order valence-electron chi connectivity index (χ2n) is 8.81. The fraction of sp³-hybridized carbons (Fsp3) is 0.652. The summed E-state index contributed by atoms with van der Waals surface area (Å²) in [5.41, 5.74) is 3.10. The number of ether oxygens (including phenoxy) is 2. The molecule has 3 nitrogen and oxygen atoms in total. The average molecular weight is 354 g/mol. The van der Waals surface area contributed by atoms with Crippen LogP contribution < -0.4 is 5.32 Å². The van der Waals surface area contributed by atoms with Crippen LogP contribution in [0.1, 0.15) is 51.0 Å². The minimum absolute atomic E-state index is 0.197. The molecule has 2 aliphatic heterocycles. The van der Waals surface area contributed by atoms with Gasteiger partial charge in [0.15, 0.2) is 0 Å². The van der Waals surface area contributed by atoms with Crippen LogP contribution in [0.25, 0.3) is 0 Å². The molecule has 0 aromatic heterocycles. The molecular weight excluding hydrogens is 322 g/mol. The van der Waals surface area contributed by atoms with E-state index in [0.717, 1.165) is 26.2 Å². The second kappa shape index (κ2) is 6.69. The Labute approximate surface area is 157 Å². The summed E-state index contributed by atoms with van der Waals surface area (Å²) in [4.78, 5) is 0. The zero-order valence-electron chi connectivity index (χ0n) is 15.9. The van der Waals surface area contributed by atoms with Gasteiger partial charge in [0.25, 0.3) is 0 Å². The lowest BCUT2D eigenvalue weighted by Gasteiger charge is -2.60. The Hall–Kier alpha value is -1.32. The molecule has 0 radical (unpaired) electrons. The van der Waals surface area contributed by atoms with Crippen LogP contribution in [0.4, 0.5) is 0 Å². The molecule has 2 heterocycles. The molecule has 5 atom stereocenters. The fourth-order valence-corrected chi connectivity index (χ4v) is 6.39. The molecule has 1 N–H and O–H groups in total. The first kappa shape index (κ1) is 16.8. The van der Waals surface area contributed by atoms with Crippen molar-refractivity contribution < 1.29 is 9.47 Å². The molecule has 4 aliphatic rings. The highest BCUT2D eigenvalue weighted by Crippen LogP contribution is 2.57. The van der Waals surface area contributed by atoms with E-state index in [1.807, 2.05) is 0 Å². The molecule has 0 amide bonds.